The fourth-order valence-electron chi connectivity index (χ4n) is 10.4. The van der Waals surface area contributed by atoms with E-state index in [0.29, 0.717) is 0 Å². The number of benzene rings is 8. The van der Waals surface area contributed by atoms with Crippen LogP contribution < -0.4 is 0 Å². The van der Waals surface area contributed by atoms with E-state index in [2.05, 4.69) is 181 Å². The molecule has 4 aromatic heterocycles. The maximum atomic E-state index is 5.76. The van der Waals surface area contributed by atoms with Crippen molar-refractivity contribution in [3.05, 3.63) is 169 Å². The first-order valence-corrected chi connectivity index (χ1v) is 19.1. The Morgan fingerprint density at radius 1 is 0.455 bits per heavy atom. The van der Waals surface area contributed by atoms with Crippen molar-refractivity contribution in [1.82, 2.24) is 18.9 Å². The van der Waals surface area contributed by atoms with Crippen molar-refractivity contribution in [2.24, 2.45) is 0 Å². The molecule has 0 saturated carbocycles. The van der Waals surface area contributed by atoms with Crippen molar-refractivity contribution < 1.29 is 0 Å². The van der Waals surface area contributed by atoms with Gasteiger partial charge < -0.3 is 4.40 Å². The van der Waals surface area contributed by atoms with E-state index in [1.165, 1.54) is 71.1 Å². The zero-order valence-electron chi connectivity index (χ0n) is 30.3. The molecule has 4 heteroatoms. The van der Waals surface area contributed by atoms with E-state index in [0.717, 1.165) is 49.9 Å². The number of fused-ring (bicyclic) bond motifs is 11. The van der Waals surface area contributed by atoms with Crippen molar-refractivity contribution >= 4 is 81.7 Å². The van der Waals surface area contributed by atoms with Gasteiger partial charge >= 0.3 is 0 Å². The Labute approximate surface area is 315 Å². The Kier molecular flexibility index (Phi) is 5.42. The smallest absolute Gasteiger partial charge is 0.165 e. The molecule has 0 aliphatic heterocycles. The molecule has 0 bridgehead atoms. The van der Waals surface area contributed by atoms with Crippen LogP contribution in [0, 0.1) is 0 Å². The van der Waals surface area contributed by atoms with E-state index in [9.17, 15) is 0 Å². The number of hydrogen-bond donors (Lipinski definition) is 0. The Morgan fingerprint density at radius 2 is 1.07 bits per heavy atom. The molecule has 0 radical (unpaired) electrons. The molecule has 4 heterocycles. The first kappa shape index (κ1) is 29.4. The van der Waals surface area contributed by atoms with Crippen LogP contribution in [-0.2, 0) is 5.41 Å². The van der Waals surface area contributed by atoms with E-state index in [1.807, 2.05) is 0 Å². The first-order chi connectivity index (χ1) is 27.1. The summed E-state index contributed by atoms with van der Waals surface area (Å²) in [6.45, 7) is 4.71. The third kappa shape index (κ3) is 3.57. The predicted octanol–water partition coefficient (Wildman–Crippen LogP) is 13.0. The van der Waals surface area contributed by atoms with Gasteiger partial charge in [0, 0.05) is 43.3 Å². The third-order valence-electron chi connectivity index (χ3n) is 12.6. The van der Waals surface area contributed by atoms with Crippen LogP contribution in [0.2, 0.25) is 0 Å². The van der Waals surface area contributed by atoms with Gasteiger partial charge in [0.15, 0.2) is 5.82 Å². The van der Waals surface area contributed by atoms with E-state index >= 15 is 0 Å². The quantitative estimate of drug-likeness (QED) is 0.168. The van der Waals surface area contributed by atoms with Gasteiger partial charge in [-0.1, -0.05) is 141 Å². The molecule has 0 atom stereocenters. The number of aromatic nitrogens is 4. The second kappa shape index (κ2) is 10.1. The summed E-state index contributed by atoms with van der Waals surface area (Å²) >= 11 is 0. The topological polar surface area (TPSA) is 35.1 Å². The molecule has 4 nitrogen and oxygen atoms in total. The fraction of sp³-hybridized carbons (Fsp3) is 0.0588. The zero-order chi connectivity index (χ0) is 36.2. The van der Waals surface area contributed by atoms with Crippen molar-refractivity contribution in [2.45, 2.75) is 19.3 Å². The summed E-state index contributed by atoms with van der Waals surface area (Å²) in [5, 5.41) is 9.74. The van der Waals surface area contributed by atoms with Crippen molar-refractivity contribution in [3.8, 4) is 28.2 Å². The van der Waals surface area contributed by atoms with Crippen LogP contribution in [0.3, 0.4) is 0 Å². The Morgan fingerprint density at radius 3 is 1.98 bits per heavy atom. The van der Waals surface area contributed by atoms with Crippen LogP contribution in [0.5, 0.6) is 0 Å². The van der Waals surface area contributed by atoms with Gasteiger partial charge in [-0.25, -0.2) is 9.97 Å². The second-order valence-electron chi connectivity index (χ2n) is 15.7. The van der Waals surface area contributed by atoms with Crippen LogP contribution in [-0.4, -0.2) is 18.9 Å². The molecule has 256 valence electrons. The lowest BCUT2D eigenvalue weighted by Crippen LogP contribution is -2.17. The normalized spacial score (nSPS) is 13.8. The Hall–Kier alpha value is -7.04. The van der Waals surface area contributed by atoms with Gasteiger partial charge in [0.25, 0.3) is 0 Å². The molecule has 12 aromatic rings. The van der Waals surface area contributed by atoms with E-state index in [1.54, 1.807) is 0 Å². The summed E-state index contributed by atoms with van der Waals surface area (Å²) in [4.78, 5) is 11.4. The highest BCUT2D eigenvalue weighted by Gasteiger charge is 2.38. The molecular weight excluding hydrogens is 669 g/mol. The van der Waals surface area contributed by atoms with Gasteiger partial charge in [-0.2, -0.15) is 0 Å². The van der Waals surface area contributed by atoms with Gasteiger partial charge in [0.2, 0.25) is 0 Å². The molecule has 0 amide bonds. The molecule has 0 saturated heterocycles. The van der Waals surface area contributed by atoms with Gasteiger partial charge in [0.1, 0.15) is 5.69 Å². The largest absolute Gasteiger partial charge is 0.308 e. The van der Waals surface area contributed by atoms with E-state index in [-0.39, 0.29) is 5.41 Å². The fourth-order valence-corrected chi connectivity index (χ4v) is 10.4. The zero-order valence-corrected chi connectivity index (χ0v) is 30.3. The van der Waals surface area contributed by atoms with Crippen LogP contribution in [0.1, 0.15) is 25.0 Å². The third-order valence-corrected chi connectivity index (χ3v) is 12.6. The van der Waals surface area contributed by atoms with Crippen LogP contribution >= 0.6 is 0 Å². The van der Waals surface area contributed by atoms with Crippen LogP contribution in [0.4, 0.5) is 0 Å². The summed E-state index contributed by atoms with van der Waals surface area (Å²) in [5.41, 5.74) is 14.7. The minimum atomic E-state index is -0.230. The lowest BCUT2D eigenvalue weighted by Gasteiger charge is -2.25. The van der Waals surface area contributed by atoms with Gasteiger partial charge in [-0.05, 0) is 63.4 Å². The molecular formula is C51H32N4. The van der Waals surface area contributed by atoms with Crippen LogP contribution in [0.15, 0.2) is 158 Å². The summed E-state index contributed by atoms with van der Waals surface area (Å²) in [5.74, 6) is 0.842. The standard InChI is InChI=1S/C51H32N4/c1-51(2)38-22-7-5-15-31(38)34-18-9-21-37(46(34)51)48-50(53-47-30-14-4-3-13-29(30)27-28-39(47)52-48)55-41-24-11-17-33-36-20-10-19-35-32-16-6-8-23-40(32)54(49(35)36)42-25-12-26-43(55)45(42)44(33)41/h3-28H,1-2H3. The minimum absolute atomic E-state index is 0.230. The molecule has 1 aliphatic carbocycles. The monoisotopic (exact) mass is 700 g/mol. The number of rotatable bonds is 2. The first-order valence-electron chi connectivity index (χ1n) is 19.1. The highest BCUT2D eigenvalue weighted by molar-refractivity contribution is 6.31. The molecule has 0 spiro atoms. The molecule has 1 aliphatic rings. The summed E-state index contributed by atoms with van der Waals surface area (Å²) < 4.78 is 4.91. The van der Waals surface area contributed by atoms with Gasteiger partial charge in [-0.15, -0.1) is 0 Å². The summed E-state index contributed by atoms with van der Waals surface area (Å²) in [6, 6.07) is 57.6. The maximum absolute atomic E-state index is 5.76. The van der Waals surface area contributed by atoms with E-state index in [4.69, 9.17) is 9.97 Å². The number of nitrogens with zero attached hydrogens (tertiary/aromatic N) is 4. The average Bonchev–Trinajstić information content (AvgIpc) is 3.80. The summed E-state index contributed by atoms with van der Waals surface area (Å²) in [7, 11) is 0. The molecule has 0 fully saturated rings. The Bertz CT molecular complexity index is 3640. The molecule has 0 unspecified atom stereocenters. The van der Waals surface area contributed by atoms with Gasteiger partial charge in [-0.3, -0.25) is 4.57 Å². The second-order valence-corrected chi connectivity index (χ2v) is 15.7. The lowest BCUT2D eigenvalue weighted by atomic mass is 9.79. The van der Waals surface area contributed by atoms with E-state index < -0.39 is 0 Å². The SMILES string of the molecule is CC1(C)c2ccccc2-c2cccc(-c3nc4ccc5ccccc5c4nc3-n3c4cccc5c6cccc7c8ccccc8n(c8cccc3c8c54)c67)c21. The molecule has 8 aromatic carbocycles. The molecule has 55 heavy (non-hydrogen) atoms. The van der Waals surface area contributed by atoms with Gasteiger partial charge in [0.05, 0.1) is 38.6 Å². The average molecular weight is 701 g/mol. The van der Waals surface area contributed by atoms with Crippen LogP contribution in [0.25, 0.3) is 110 Å². The number of para-hydroxylation sites is 2. The van der Waals surface area contributed by atoms with Crippen molar-refractivity contribution in [3.63, 3.8) is 0 Å². The van der Waals surface area contributed by atoms with Crippen molar-refractivity contribution in [2.75, 3.05) is 0 Å². The Balaban J connectivity index is 1.25. The summed E-state index contributed by atoms with van der Waals surface area (Å²) in [6.07, 6.45) is 0. The highest BCUT2D eigenvalue weighted by Crippen LogP contribution is 2.53. The lowest BCUT2D eigenvalue weighted by molar-refractivity contribution is 0.661. The number of hydrogen-bond acceptors (Lipinski definition) is 2. The minimum Gasteiger partial charge on any atom is -0.308 e. The van der Waals surface area contributed by atoms with Crippen molar-refractivity contribution in [1.29, 1.82) is 0 Å². The molecule has 13 rings (SSSR count). The predicted molar refractivity (Wildman–Crippen MR) is 229 cm³/mol. The maximum Gasteiger partial charge on any atom is 0.165 e. The highest BCUT2D eigenvalue weighted by atomic mass is 15.1. The molecule has 0 N–H and O–H groups in total.